The van der Waals surface area contributed by atoms with Crippen molar-refractivity contribution in [3.8, 4) is 11.1 Å². The molecule has 0 aromatic heterocycles. The third kappa shape index (κ3) is 2.45. The molecule has 0 unspecified atom stereocenters. The molecule has 88 valence electrons. The van der Waals surface area contributed by atoms with E-state index in [9.17, 15) is 0 Å². The molecule has 2 aromatic rings. The molecule has 1 aliphatic rings. The van der Waals surface area contributed by atoms with Gasteiger partial charge in [0, 0.05) is 0 Å². The van der Waals surface area contributed by atoms with Crippen molar-refractivity contribution >= 4 is 6.79 Å². The second-order valence-electron chi connectivity index (χ2n) is 3.50. The van der Waals surface area contributed by atoms with E-state index < -0.39 is 0 Å². The van der Waals surface area contributed by atoms with Crippen molar-refractivity contribution in [2.24, 2.45) is 0 Å². The summed E-state index contributed by atoms with van der Waals surface area (Å²) in [5.41, 5.74) is 5.24. The molecule has 0 N–H and O–H groups in total. The number of halogens is 1. The SMILES string of the molecule is [C]=O.[I-].[Ni+][CH]1c2ccccc2-c2ccccc21. The van der Waals surface area contributed by atoms with Gasteiger partial charge in [-0.2, -0.15) is 0 Å². The molecular formula is C14H9INiO. The van der Waals surface area contributed by atoms with Gasteiger partial charge in [0.2, 0.25) is 0 Å². The summed E-state index contributed by atoms with van der Waals surface area (Å²) in [7, 11) is 0. The third-order valence-electron chi connectivity index (χ3n) is 2.72. The quantitative estimate of drug-likeness (QED) is 0.462. The summed E-state index contributed by atoms with van der Waals surface area (Å²) >= 11 is 5.19. The van der Waals surface area contributed by atoms with Crippen LogP contribution in [0.25, 0.3) is 11.1 Å². The van der Waals surface area contributed by atoms with Crippen LogP contribution in [0.4, 0.5) is 0 Å². The van der Waals surface area contributed by atoms with Crippen molar-refractivity contribution in [1.82, 2.24) is 0 Å². The van der Waals surface area contributed by atoms with Crippen molar-refractivity contribution in [2.75, 3.05) is 0 Å². The van der Waals surface area contributed by atoms with Crippen LogP contribution in [0.1, 0.15) is 16.0 Å². The monoisotopic (exact) mass is 378 g/mol. The van der Waals surface area contributed by atoms with Crippen LogP contribution in [-0.2, 0) is 20.3 Å². The van der Waals surface area contributed by atoms with Gasteiger partial charge in [0.1, 0.15) is 0 Å². The fourth-order valence-corrected chi connectivity index (χ4v) is 2.56. The standard InChI is InChI=1S/C13H9.CO.HI.Ni/c1-3-7-12-10(5-1)9-11-6-2-4-8-13(11)12;1-2;;/h1-9H;;1H;/q;;;+1/p-1. The summed E-state index contributed by atoms with van der Waals surface area (Å²) in [6, 6.07) is 16.9. The van der Waals surface area contributed by atoms with Crippen molar-refractivity contribution in [1.29, 1.82) is 0 Å². The van der Waals surface area contributed by atoms with Gasteiger partial charge in [0.15, 0.2) is 0 Å². The summed E-state index contributed by atoms with van der Waals surface area (Å²) in [4.78, 5) is 7.68. The Hall–Kier alpha value is -0.666. The van der Waals surface area contributed by atoms with E-state index in [0.29, 0.717) is 0 Å². The van der Waals surface area contributed by atoms with Gasteiger partial charge in [0.05, 0.1) is 0 Å². The minimum atomic E-state index is 0. The number of carbonyl (C=O) groups excluding carboxylic acids is 1. The average molecular weight is 379 g/mol. The summed E-state index contributed by atoms with van der Waals surface area (Å²) < 4.78 is 0. The normalized spacial score (nSPS) is 11.6. The summed E-state index contributed by atoms with van der Waals surface area (Å²) in [5, 5.41) is 0. The molecule has 2 aromatic carbocycles. The van der Waals surface area contributed by atoms with E-state index >= 15 is 0 Å². The fraction of sp³-hybridized carbons (Fsp3) is 0.0714. The fourth-order valence-electron chi connectivity index (χ4n) is 2.06. The van der Waals surface area contributed by atoms with E-state index in [0.717, 1.165) is 0 Å². The van der Waals surface area contributed by atoms with E-state index in [1.807, 2.05) is 0 Å². The Labute approximate surface area is 126 Å². The molecule has 0 spiro atoms. The van der Waals surface area contributed by atoms with Crippen LogP contribution in [-0.4, -0.2) is 6.79 Å². The minimum absolute atomic E-state index is 0. The van der Waals surface area contributed by atoms with E-state index in [1.165, 1.54) is 22.3 Å². The molecule has 0 saturated carbocycles. The van der Waals surface area contributed by atoms with E-state index in [-0.39, 0.29) is 28.9 Å². The molecule has 0 saturated heterocycles. The van der Waals surface area contributed by atoms with Crippen LogP contribution in [0.3, 0.4) is 0 Å². The number of benzene rings is 2. The van der Waals surface area contributed by atoms with Crippen LogP contribution in [0.15, 0.2) is 48.5 Å². The van der Waals surface area contributed by atoms with Crippen LogP contribution in [0.5, 0.6) is 0 Å². The zero-order chi connectivity index (χ0) is 11.5. The maximum atomic E-state index is 7.50. The zero-order valence-corrected chi connectivity index (χ0v) is 11.9. The first kappa shape index (κ1) is 14.4. The summed E-state index contributed by atoms with van der Waals surface area (Å²) in [6.07, 6.45) is 0. The average Bonchev–Trinajstić information content (AvgIpc) is 2.67. The van der Waals surface area contributed by atoms with Gasteiger partial charge < -0.3 is 24.0 Å². The van der Waals surface area contributed by atoms with E-state index in [4.69, 9.17) is 20.3 Å². The molecule has 0 amide bonds. The predicted octanol–water partition coefficient (Wildman–Crippen LogP) is -0.0899. The van der Waals surface area contributed by atoms with Crippen LogP contribution in [0, 0.1) is 0 Å². The van der Waals surface area contributed by atoms with Crippen molar-refractivity contribution in [3.63, 3.8) is 0 Å². The van der Waals surface area contributed by atoms with Gasteiger partial charge in [-0.25, -0.2) is 0 Å². The van der Waals surface area contributed by atoms with Crippen molar-refractivity contribution < 1.29 is 44.2 Å². The molecule has 3 rings (SSSR count). The van der Waals surface area contributed by atoms with Crippen LogP contribution >= 0.6 is 0 Å². The number of hydrogen-bond acceptors (Lipinski definition) is 1. The number of hydrogen-bond donors (Lipinski definition) is 0. The van der Waals surface area contributed by atoms with Crippen molar-refractivity contribution in [2.45, 2.75) is 4.89 Å². The third-order valence-corrected chi connectivity index (χ3v) is 3.33. The zero-order valence-electron chi connectivity index (χ0n) is 8.80. The molecular weight excluding hydrogens is 370 g/mol. The first-order valence-electron chi connectivity index (χ1n) is 4.87. The predicted molar refractivity (Wildman–Crippen MR) is 59.4 cm³/mol. The molecule has 17 heavy (non-hydrogen) atoms. The Bertz CT molecular complexity index is 468. The Morgan fingerprint density at radius 3 is 1.59 bits per heavy atom. The molecule has 0 atom stereocenters. The van der Waals surface area contributed by atoms with Gasteiger partial charge in [0.25, 0.3) is 6.79 Å². The molecule has 0 aliphatic heterocycles. The van der Waals surface area contributed by atoms with Gasteiger partial charge in [-0.15, -0.1) is 0 Å². The summed E-state index contributed by atoms with van der Waals surface area (Å²) in [5.74, 6) is 0. The Kier molecular flexibility index (Phi) is 5.35. The van der Waals surface area contributed by atoms with E-state index in [1.54, 1.807) is 0 Å². The Balaban J connectivity index is 0.000000459. The maximum absolute atomic E-state index is 7.50. The molecule has 1 aliphatic carbocycles. The molecule has 0 bridgehead atoms. The molecule has 0 fully saturated rings. The topological polar surface area (TPSA) is 17.1 Å². The van der Waals surface area contributed by atoms with Gasteiger partial charge in [-0.3, -0.25) is 4.79 Å². The van der Waals surface area contributed by atoms with Gasteiger partial charge in [-0.1, -0.05) is 0 Å². The number of rotatable bonds is 0. The molecule has 0 heterocycles. The first-order chi connectivity index (χ1) is 7.88. The molecule has 3 heteroatoms. The summed E-state index contributed by atoms with van der Waals surface area (Å²) in [6.45, 7) is 4.50. The van der Waals surface area contributed by atoms with Gasteiger partial charge in [-0.05, 0) is 0 Å². The number of fused-ring (bicyclic) bond motifs is 3. The van der Waals surface area contributed by atoms with Crippen LogP contribution < -0.4 is 24.0 Å². The molecule has 1 nitrogen and oxygen atoms in total. The van der Waals surface area contributed by atoms with E-state index in [2.05, 4.69) is 55.3 Å². The second-order valence-corrected chi connectivity index (χ2v) is 4.07. The van der Waals surface area contributed by atoms with Crippen molar-refractivity contribution in [3.05, 3.63) is 59.7 Å². The second kappa shape index (κ2) is 6.32. The Morgan fingerprint density at radius 2 is 1.18 bits per heavy atom. The Morgan fingerprint density at radius 1 is 0.824 bits per heavy atom. The van der Waals surface area contributed by atoms with Crippen LogP contribution in [0.2, 0.25) is 0 Å². The molecule has 2 radical (unpaired) electrons. The van der Waals surface area contributed by atoms with Gasteiger partial charge >= 0.3 is 91.1 Å². The first-order valence-corrected chi connectivity index (χ1v) is 5.44.